The van der Waals surface area contributed by atoms with Gasteiger partial charge in [0.05, 0.1) is 16.9 Å². The van der Waals surface area contributed by atoms with Gasteiger partial charge in [-0.25, -0.2) is 4.68 Å². The number of rotatable bonds is 3. The van der Waals surface area contributed by atoms with Crippen molar-refractivity contribution >= 4 is 12.0 Å². The first-order valence-electron chi connectivity index (χ1n) is 7.23. The Labute approximate surface area is 124 Å². The predicted octanol–water partition coefficient (Wildman–Crippen LogP) is 1.75. The van der Waals surface area contributed by atoms with Gasteiger partial charge in [0, 0.05) is 38.1 Å². The van der Waals surface area contributed by atoms with Gasteiger partial charge < -0.3 is 9.80 Å². The standard InChI is InChI=1S/C16H20N4O/c1-13-14(12-21)11-20(17-13)16-5-3-15(4-6-16)19-9-7-18(2)8-10-19/h3-6,11-12H,7-10H2,1-2H3. The second-order valence-electron chi connectivity index (χ2n) is 5.54. The van der Waals surface area contributed by atoms with Gasteiger partial charge in [-0.05, 0) is 38.2 Å². The minimum Gasteiger partial charge on any atom is -0.369 e. The Morgan fingerprint density at radius 3 is 2.24 bits per heavy atom. The van der Waals surface area contributed by atoms with E-state index in [0.717, 1.165) is 43.8 Å². The maximum atomic E-state index is 10.9. The molecule has 2 heterocycles. The molecule has 0 aliphatic carbocycles. The molecule has 1 aromatic heterocycles. The van der Waals surface area contributed by atoms with Crippen LogP contribution in [0.1, 0.15) is 16.1 Å². The van der Waals surface area contributed by atoms with E-state index in [1.165, 1.54) is 5.69 Å². The van der Waals surface area contributed by atoms with Gasteiger partial charge in [-0.2, -0.15) is 5.10 Å². The fourth-order valence-electron chi connectivity index (χ4n) is 2.60. The molecular weight excluding hydrogens is 264 g/mol. The number of likely N-dealkylation sites (N-methyl/N-ethyl adjacent to an activating group) is 1. The molecule has 5 nitrogen and oxygen atoms in total. The zero-order chi connectivity index (χ0) is 14.8. The van der Waals surface area contributed by atoms with Crippen LogP contribution in [0.25, 0.3) is 5.69 Å². The number of piperazine rings is 1. The lowest BCUT2D eigenvalue weighted by Gasteiger charge is -2.34. The fraction of sp³-hybridized carbons (Fsp3) is 0.375. The number of benzene rings is 1. The average molecular weight is 284 g/mol. The monoisotopic (exact) mass is 284 g/mol. The van der Waals surface area contributed by atoms with Crippen LogP contribution in [0.15, 0.2) is 30.5 Å². The molecule has 0 N–H and O–H groups in total. The molecule has 5 heteroatoms. The highest BCUT2D eigenvalue weighted by Crippen LogP contribution is 2.19. The number of hydrogen-bond acceptors (Lipinski definition) is 4. The second-order valence-corrected chi connectivity index (χ2v) is 5.54. The zero-order valence-electron chi connectivity index (χ0n) is 12.5. The third-order valence-corrected chi connectivity index (χ3v) is 4.05. The third kappa shape index (κ3) is 2.83. The molecule has 1 saturated heterocycles. The molecule has 1 fully saturated rings. The predicted molar refractivity (Wildman–Crippen MR) is 83.4 cm³/mol. The van der Waals surface area contributed by atoms with Crippen LogP contribution in [-0.2, 0) is 0 Å². The molecule has 2 aromatic rings. The lowest BCUT2D eigenvalue weighted by molar-refractivity contribution is 0.112. The van der Waals surface area contributed by atoms with Gasteiger partial charge in [0.15, 0.2) is 6.29 Å². The molecule has 0 radical (unpaired) electrons. The van der Waals surface area contributed by atoms with E-state index in [9.17, 15) is 4.79 Å². The second kappa shape index (κ2) is 5.69. The van der Waals surface area contributed by atoms with Crippen LogP contribution in [0.5, 0.6) is 0 Å². The molecule has 1 aromatic carbocycles. The van der Waals surface area contributed by atoms with Crippen molar-refractivity contribution in [1.29, 1.82) is 0 Å². The third-order valence-electron chi connectivity index (χ3n) is 4.05. The number of aryl methyl sites for hydroxylation is 1. The van der Waals surface area contributed by atoms with Crippen molar-refractivity contribution in [1.82, 2.24) is 14.7 Å². The molecule has 0 atom stereocenters. The van der Waals surface area contributed by atoms with E-state index in [1.54, 1.807) is 10.9 Å². The normalized spacial score (nSPS) is 16.2. The van der Waals surface area contributed by atoms with Crippen LogP contribution in [0.4, 0.5) is 5.69 Å². The van der Waals surface area contributed by atoms with Crippen molar-refractivity contribution in [3.8, 4) is 5.69 Å². The summed E-state index contributed by atoms with van der Waals surface area (Å²) in [7, 11) is 2.16. The van der Waals surface area contributed by atoms with Gasteiger partial charge >= 0.3 is 0 Å². The molecular formula is C16H20N4O. The number of nitrogens with zero attached hydrogens (tertiary/aromatic N) is 4. The SMILES string of the molecule is Cc1nn(-c2ccc(N3CCN(C)CC3)cc2)cc1C=O. The molecule has 1 aliphatic rings. The summed E-state index contributed by atoms with van der Waals surface area (Å²) < 4.78 is 1.76. The number of carbonyl (C=O) groups excluding carboxylic acids is 1. The van der Waals surface area contributed by atoms with Crippen LogP contribution >= 0.6 is 0 Å². The van der Waals surface area contributed by atoms with E-state index in [1.807, 2.05) is 6.92 Å². The fourth-order valence-corrected chi connectivity index (χ4v) is 2.60. The van der Waals surface area contributed by atoms with Crippen molar-refractivity contribution in [2.24, 2.45) is 0 Å². The van der Waals surface area contributed by atoms with E-state index in [-0.39, 0.29) is 0 Å². The van der Waals surface area contributed by atoms with Crippen LogP contribution in [0.2, 0.25) is 0 Å². The number of carbonyl (C=O) groups is 1. The Balaban J connectivity index is 1.78. The molecule has 0 amide bonds. The quantitative estimate of drug-likeness (QED) is 0.805. The van der Waals surface area contributed by atoms with Gasteiger partial charge in [-0.1, -0.05) is 0 Å². The van der Waals surface area contributed by atoms with E-state index in [4.69, 9.17) is 0 Å². The summed E-state index contributed by atoms with van der Waals surface area (Å²) >= 11 is 0. The summed E-state index contributed by atoms with van der Waals surface area (Å²) in [4.78, 5) is 15.6. The smallest absolute Gasteiger partial charge is 0.153 e. The van der Waals surface area contributed by atoms with Crippen LogP contribution in [-0.4, -0.2) is 54.2 Å². The minimum atomic E-state index is 0.637. The van der Waals surface area contributed by atoms with Gasteiger partial charge in [0.2, 0.25) is 0 Å². The maximum absolute atomic E-state index is 10.9. The lowest BCUT2D eigenvalue weighted by atomic mass is 10.2. The van der Waals surface area contributed by atoms with Crippen molar-refractivity contribution in [2.75, 3.05) is 38.1 Å². The number of hydrogen-bond donors (Lipinski definition) is 0. The topological polar surface area (TPSA) is 41.4 Å². The lowest BCUT2D eigenvalue weighted by Crippen LogP contribution is -2.44. The molecule has 0 unspecified atom stereocenters. The summed E-state index contributed by atoms with van der Waals surface area (Å²) in [5.74, 6) is 0. The summed E-state index contributed by atoms with van der Waals surface area (Å²) in [6, 6.07) is 8.35. The molecule has 0 spiro atoms. The highest BCUT2D eigenvalue weighted by atomic mass is 16.1. The summed E-state index contributed by atoms with van der Waals surface area (Å²) in [6.45, 7) is 6.17. The molecule has 21 heavy (non-hydrogen) atoms. The Morgan fingerprint density at radius 2 is 1.67 bits per heavy atom. The summed E-state index contributed by atoms with van der Waals surface area (Å²) in [5, 5.41) is 4.37. The van der Waals surface area contributed by atoms with Crippen LogP contribution < -0.4 is 4.90 Å². The highest BCUT2D eigenvalue weighted by molar-refractivity contribution is 5.76. The largest absolute Gasteiger partial charge is 0.369 e. The van der Waals surface area contributed by atoms with Crippen molar-refractivity contribution in [3.63, 3.8) is 0 Å². The molecule has 3 rings (SSSR count). The van der Waals surface area contributed by atoms with E-state index < -0.39 is 0 Å². The Morgan fingerprint density at radius 1 is 1.05 bits per heavy atom. The first-order chi connectivity index (χ1) is 10.2. The van der Waals surface area contributed by atoms with Gasteiger partial charge in [-0.3, -0.25) is 4.79 Å². The van der Waals surface area contributed by atoms with E-state index >= 15 is 0 Å². The number of anilines is 1. The summed E-state index contributed by atoms with van der Waals surface area (Å²) in [6.07, 6.45) is 2.62. The number of aromatic nitrogens is 2. The van der Waals surface area contributed by atoms with E-state index in [2.05, 4.69) is 46.2 Å². The molecule has 110 valence electrons. The minimum absolute atomic E-state index is 0.637. The van der Waals surface area contributed by atoms with Crippen molar-refractivity contribution in [3.05, 3.63) is 41.7 Å². The van der Waals surface area contributed by atoms with Crippen molar-refractivity contribution < 1.29 is 4.79 Å². The van der Waals surface area contributed by atoms with E-state index in [0.29, 0.717) is 5.56 Å². The highest BCUT2D eigenvalue weighted by Gasteiger charge is 2.14. The molecule has 1 aliphatic heterocycles. The van der Waals surface area contributed by atoms with Crippen LogP contribution in [0, 0.1) is 6.92 Å². The van der Waals surface area contributed by atoms with Crippen LogP contribution in [0.3, 0.4) is 0 Å². The summed E-state index contributed by atoms with van der Waals surface area (Å²) in [5.41, 5.74) is 3.61. The average Bonchev–Trinajstić information content (AvgIpc) is 2.89. The Bertz CT molecular complexity index is 624. The first kappa shape index (κ1) is 13.8. The van der Waals surface area contributed by atoms with Gasteiger partial charge in [0.25, 0.3) is 0 Å². The van der Waals surface area contributed by atoms with Gasteiger partial charge in [0.1, 0.15) is 0 Å². The zero-order valence-corrected chi connectivity index (χ0v) is 12.5. The molecule has 0 bridgehead atoms. The Kier molecular flexibility index (Phi) is 3.75. The van der Waals surface area contributed by atoms with Crippen molar-refractivity contribution in [2.45, 2.75) is 6.92 Å². The molecule has 0 saturated carbocycles. The van der Waals surface area contributed by atoms with Gasteiger partial charge in [-0.15, -0.1) is 0 Å². The first-order valence-corrected chi connectivity index (χ1v) is 7.23. The number of aldehydes is 1. The Hall–Kier alpha value is -2.14. The maximum Gasteiger partial charge on any atom is 0.153 e.